The van der Waals surface area contributed by atoms with Gasteiger partial charge in [0.25, 0.3) is 10.0 Å². The van der Waals surface area contributed by atoms with Crippen LogP contribution in [0.5, 0.6) is 0 Å². The lowest BCUT2D eigenvalue weighted by atomic mass is 10.3. The van der Waals surface area contributed by atoms with Crippen LogP contribution in [0.2, 0.25) is 0 Å². The van der Waals surface area contributed by atoms with Gasteiger partial charge in [-0.25, -0.2) is 8.42 Å². The van der Waals surface area contributed by atoms with Gasteiger partial charge in [0.1, 0.15) is 4.21 Å². The lowest BCUT2D eigenvalue weighted by molar-refractivity contribution is 0.468. The normalized spacial score (nSPS) is 11.9. The van der Waals surface area contributed by atoms with Gasteiger partial charge in [-0.15, -0.1) is 22.9 Å². The molecule has 2 heterocycles. The summed E-state index contributed by atoms with van der Waals surface area (Å²) in [7, 11) is -1.88. The molecule has 2 aromatic heterocycles. The van der Waals surface area contributed by atoms with E-state index in [4.69, 9.17) is 11.6 Å². The molecule has 2 rings (SSSR count). The monoisotopic (exact) mass is 330 g/mol. The summed E-state index contributed by atoms with van der Waals surface area (Å²) in [5.74, 6) is 0.492. The van der Waals surface area contributed by atoms with Gasteiger partial charge in [0.2, 0.25) is 0 Å². The maximum absolute atomic E-state index is 12.4. The first-order valence-corrected chi connectivity index (χ1v) is 8.83. The van der Waals surface area contributed by atoms with E-state index in [1.807, 2.05) is 12.1 Å². The van der Waals surface area contributed by atoms with E-state index in [1.165, 1.54) is 15.6 Å². The van der Waals surface area contributed by atoms with E-state index in [-0.39, 0.29) is 0 Å². The van der Waals surface area contributed by atoms with E-state index < -0.39 is 10.0 Å². The number of hydrogen-bond donors (Lipinski definition) is 0. The quantitative estimate of drug-likeness (QED) is 0.765. The Balaban J connectivity index is 2.16. The number of aromatic nitrogens is 1. The zero-order valence-corrected chi connectivity index (χ0v) is 13.4. The summed E-state index contributed by atoms with van der Waals surface area (Å²) in [6.45, 7) is 0.304. The molecule has 2 aromatic rings. The van der Waals surface area contributed by atoms with E-state index in [0.717, 1.165) is 10.4 Å². The van der Waals surface area contributed by atoms with Gasteiger partial charge in [-0.1, -0.05) is 6.07 Å². The van der Waals surface area contributed by atoms with Crippen LogP contribution in [0, 0.1) is 0 Å². The minimum Gasteiger partial charge on any atom is -0.264 e. The van der Waals surface area contributed by atoms with Crippen molar-refractivity contribution in [2.75, 3.05) is 12.9 Å². The van der Waals surface area contributed by atoms with Crippen LogP contribution >= 0.6 is 22.9 Å². The van der Waals surface area contributed by atoms with Crippen molar-refractivity contribution in [3.05, 3.63) is 47.1 Å². The molecule has 7 heteroatoms. The van der Waals surface area contributed by atoms with Gasteiger partial charge < -0.3 is 0 Å². The smallest absolute Gasteiger partial charge is 0.252 e. The highest BCUT2D eigenvalue weighted by Crippen LogP contribution is 2.25. The number of alkyl halides is 1. The topological polar surface area (TPSA) is 50.3 Å². The average molecular weight is 331 g/mol. The van der Waals surface area contributed by atoms with Crippen molar-refractivity contribution in [3.8, 4) is 0 Å². The highest BCUT2D eigenvalue weighted by Gasteiger charge is 2.22. The summed E-state index contributed by atoms with van der Waals surface area (Å²) >= 11 is 6.94. The number of halogens is 1. The molecule has 0 aliphatic rings. The van der Waals surface area contributed by atoms with Crippen LogP contribution in [0.25, 0.3) is 0 Å². The molecule has 0 amide bonds. The number of pyridine rings is 1. The van der Waals surface area contributed by atoms with Crippen molar-refractivity contribution in [1.29, 1.82) is 0 Å². The molecule has 0 spiro atoms. The van der Waals surface area contributed by atoms with E-state index in [9.17, 15) is 8.42 Å². The second-order valence-electron chi connectivity index (χ2n) is 4.28. The zero-order valence-electron chi connectivity index (χ0n) is 11.0. The van der Waals surface area contributed by atoms with Crippen LogP contribution < -0.4 is 0 Å². The van der Waals surface area contributed by atoms with Crippen molar-refractivity contribution in [3.63, 3.8) is 0 Å². The van der Waals surface area contributed by atoms with Crippen molar-refractivity contribution in [1.82, 2.24) is 9.29 Å². The molecule has 0 aliphatic carbocycles. The molecular formula is C13H15ClN2O2S2. The Morgan fingerprint density at radius 3 is 2.80 bits per heavy atom. The predicted octanol–water partition coefficient (Wildman–Crippen LogP) is 2.75. The second kappa shape index (κ2) is 6.67. The van der Waals surface area contributed by atoms with Crippen LogP contribution in [-0.2, 0) is 23.0 Å². The lowest BCUT2D eigenvalue weighted by Crippen LogP contribution is -2.25. The molecule has 0 aromatic carbocycles. The first-order chi connectivity index (χ1) is 9.54. The Kier molecular flexibility index (Phi) is 5.15. The summed E-state index contributed by atoms with van der Waals surface area (Å²) in [6, 6.07) is 7.10. The predicted molar refractivity (Wildman–Crippen MR) is 81.6 cm³/mol. The van der Waals surface area contributed by atoms with E-state index in [0.29, 0.717) is 23.1 Å². The van der Waals surface area contributed by atoms with Gasteiger partial charge >= 0.3 is 0 Å². The van der Waals surface area contributed by atoms with Gasteiger partial charge in [-0.2, -0.15) is 4.31 Å². The number of sulfonamides is 1. The van der Waals surface area contributed by atoms with Crippen LogP contribution in [-0.4, -0.2) is 30.6 Å². The number of aryl methyl sites for hydroxylation is 1. The Morgan fingerprint density at radius 2 is 2.15 bits per heavy atom. The van der Waals surface area contributed by atoms with E-state index >= 15 is 0 Å². The maximum atomic E-state index is 12.4. The number of nitrogens with zero attached hydrogens (tertiary/aromatic N) is 2. The lowest BCUT2D eigenvalue weighted by Gasteiger charge is -2.15. The SMILES string of the molecule is CN(Cc1cccnc1)S(=O)(=O)c1ccc(CCCl)s1. The minimum absolute atomic E-state index is 0.304. The standard InChI is InChI=1S/C13H15ClN2O2S2/c1-16(10-11-3-2-8-15-9-11)20(17,18)13-5-4-12(19-13)6-7-14/h2-5,8-9H,6-7,10H2,1H3. The second-order valence-corrected chi connectivity index (χ2v) is 8.10. The Morgan fingerprint density at radius 1 is 1.35 bits per heavy atom. The third kappa shape index (κ3) is 3.58. The van der Waals surface area contributed by atoms with Crippen molar-refractivity contribution < 1.29 is 8.42 Å². The van der Waals surface area contributed by atoms with Crippen LogP contribution in [0.3, 0.4) is 0 Å². The Bertz CT molecular complexity index is 656. The fourth-order valence-corrected chi connectivity index (χ4v) is 4.75. The molecule has 0 atom stereocenters. The van der Waals surface area contributed by atoms with Crippen molar-refractivity contribution in [2.24, 2.45) is 0 Å². The molecule has 0 saturated heterocycles. The molecule has 108 valence electrons. The third-order valence-electron chi connectivity index (χ3n) is 2.77. The highest BCUT2D eigenvalue weighted by molar-refractivity contribution is 7.91. The Hall–Kier alpha value is -0.950. The fraction of sp³-hybridized carbons (Fsp3) is 0.308. The summed E-state index contributed by atoms with van der Waals surface area (Å²) in [5, 5.41) is 0. The van der Waals surface area contributed by atoms with Gasteiger partial charge in [-0.05, 0) is 30.2 Å². The molecule has 4 nitrogen and oxygen atoms in total. The molecule has 0 unspecified atom stereocenters. The van der Waals surface area contributed by atoms with Gasteiger partial charge in [0.15, 0.2) is 0 Å². The highest BCUT2D eigenvalue weighted by atomic mass is 35.5. The maximum Gasteiger partial charge on any atom is 0.252 e. The van der Waals surface area contributed by atoms with Crippen molar-refractivity contribution in [2.45, 2.75) is 17.2 Å². The fourth-order valence-electron chi connectivity index (χ4n) is 1.71. The van der Waals surface area contributed by atoms with Crippen LogP contribution in [0.1, 0.15) is 10.4 Å². The summed E-state index contributed by atoms with van der Waals surface area (Å²) in [6.07, 6.45) is 4.02. The molecular weight excluding hydrogens is 316 g/mol. The number of rotatable bonds is 6. The van der Waals surface area contributed by atoms with Gasteiger partial charge in [0.05, 0.1) is 0 Å². The first kappa shape index (κ1) is 15.4. The molecule has 20 heavy (non-hydrogen) atoms. The zero-order chi connectivity index (χ0) is 14.6. The molecule has 0 bridgehead atoms. The minimum atomic E-state index is -3.45. The van der Waals surface area contributed by atoms with Crippen LogP contribution in [0.15, 0.2) is 40.9 Å². The molecule has 0 aliphatic heterocycles. The third-order valence-corrected chi connectivity index (χ3v) is 6.38. The largest absolute Gasteiger partial charge is 0.264 e. The Labute approximate surface area is 128 Å². The number of thiophene rings is 1. The molecule has 0 radical (unpaired) electrons. The van der Waals surface area contributed by atoms with Gasteiger partial charge in [0, 0.05) is 36.7 Å². The molecule has 0 fully saturated rings. The average Bonchev–Trinajstić information content (AvgIpc) is 2.89. The van der Waals surface area contributed by atoms with E-state index in [1.54, 1.807) is 31.6 Å². The first-order valence-electron chi connectivity index (χ1n) is 6.04. The number of hydrogen-bond acceptors (Lipinski definition) is 4. The summed E-state index contributed by atoms with van der Waals surface area (Å²) < 4.78 is 26.6. The summed E-state index contributed by atoms with van der Waals surface area (Å²) in [4.78, 5) is 4.97. The van der Waals surface area contributed by atoms with Crippen LogP contribution in [0.4, 0.5) is 0 Å². The van der Waals surface area contributed by atoms with Gasteiger partial charge in [-0.3, -0.25) is 4.98 Å². The van der Waals surface area contributed by atoms with E-state index in [2.05, 4.69) is 4.98 Å². The molecule has 0 saturated carbocycles. The molecule has 0 N–H and O–H groups in total. The summed E-state index contributed by atoms with van der Waals surface area (Å²) in [5.41, 5.74) is 0.858. The van der Waals surface area contributed by atoms with Crippen molar-refractivity contribution >= 4 is 33.0 Å².